The number of alkyl halides is 3. The van der Waals surface area contributed by atoms with Crippen LogP contribution in [0, 0.1) is 6.92 Å². The van der Waals surface area contributed by atoms with E-state index in [-0.39, 0.29) is 12.0 Å². The molecule has 1 aliphatic carbocycles. The third-order valence-corrected chi connectivity index (χ3v) is 6.56. The zero-order valence-electron chi connectivity index (χ0n) is 20.1. The molecule has 1 amide bonds. The number of thiazole rings is 1. The van der Waals surface area contributed by atoms with Gasteiger partial charge < -0.3 is 20.3 Å². The Labute approximate surface area is 206 Å². The number of rotatable bonds is 5. The molecule has 35 heavy (non-hydrogen) atoms. The number of halogens is 3. The Balaban J connectivity index is 1.61. The van der Waals surface area contributed by atoms with Crippen molar-refractivity contribution in [1.82, 2.24) is 19.9 Å². The molecule has 4 rings (SSSR count). The summed E-state index contributed by atoms with van der Waals surface area (Å²) in [5.41, 5.74) is 1.57. The van der Waals surface area contributed by atoms with Crippen LogP contribution in [0.2, 0.25) is 0 Å². The van der Waals surface area contributed by atoms with Gasteiger partial charge in [0.2, 0.25) is 5.95 Å². The van der Waals surface area contributed by atoms with Gasteiger partial charge in [-0.25, -0.2) is 14.8 Å². The van der Waals surface area contributed by atoms with Crippen LogP contribution in [0.5, 0.6) is 0 Å². The molecule has 1 unspecified atom stereocenters. The van der Waals surface area contributed by atoms with Crippen molar-refractivity contribution in [2.75, 3.05) is 30.3 Å². The van der Waals surface area contributed by atoms with E-state index >= 15 is 0 Å². The van der Waals surface area contributed by atoms with Crippen LogP contribution in [-0.4, -0.2) is 63.4 Å². The third kappa shape index (κ3) is 6.41. The molecule has 1 saturated heterocycles. The van der Waals surface area contributed by atoms with E-state index in [4.69, 9.17) is 9.72 Å². The second-order valence-corrected chi connectivity index (χ2v) is 10.7. The minimum Gasteiger partial charge on any atom is -0.444 e. The molecular weight excluding hydrogens is 481 g/mol. The van der Waals surface area contributed by atoms with Gasteiger partial charge in [-0.3, -0.25) is 0 Å². The van der Waals surface area contributed by atoms with Crippen LogP contribution in [0.1, 0.15) is 49.9 Å². The number of allylic oxidation sites excluding steroid dienone is 1. The number of fused-ring (bicyclic) bond motifs is 1. The van der Waals surface area contributed by atoms with Gasteiger partial charge >= 0.3 is 12.3 Å². The Bertz CT molecular complexity index is 1130. The molecule has 2 N–H and O–H groups in total. The summed E-state index contributed by atoms with van der Waals surface area (Å²) in [4.78, 5) is 28.6. The van der Waals surface area contributed by atoms with Crippen molar-refractivity contribution in [2.45, 2.75) is 64.8 Å². The molecule has 8 nitrogen and oxygen atoms in total. The summed E-state index contributed by atoms with van der Waals surface area (Å²) < 4.78 is 43.8. The average molecular weight is 511 g/mol. The van der Waals surface area contributed by atoms with Crippen LogP contribution in [0.15, 0.2) is 6.08 Å². The van der Waals surface area contributed by atoms with Crippen molar-refractivity contribution in [3.63, 3.8) is 0 Å². The van der Waals surface area contributed by atoms with Crippen molar-refractivity contribution in [3.8, 4) is 10.6 Å². The zero-order valence-corrected chi connectivity index (χ0v) is 20.9. The predicted molar refractivity (Wildman–Crippen MR) is 130 cm³/mol. The smallest absolute Gasteiger partial charge is 0.410 e. The lowest BCUT2D eigenvalue weighted by molar-refractivity contribution is -0.115. The SMILES string of the molecule is Cc1nc(NCC(F)(F)F)nc(NC2CCN(C(=O)OC(C)(C)C)C2)c1-c1nc2c(s1)C=CCC2. The first kappa shape index (κ1) is 25.2. The topological polar surface area (TPSA) is 92.3 Å². The Morgan fingerprint density at radius 1 is 1.26 bits per heavy atom. The molecule has 0 radical (unpaired) electrons. The lowest BCUT2D eigenvalue weighted by Gasteiger charge is -2.24. The number of aromatic nitrogens is 3. The second-order valence-electron chi connectivity index (χ2n) is 9.65. The molecule has 2 aromatic rings. The van der Waals surface area contributed by atoms with Gasteiger partial charge in [-0.15, -0.1) is 11.3 Å². The van der Waals surface area contributed by atoms with E-state index < -0.39 is 24.4 Å². The number of amides is 1. The third-order valence-electron chi connectivity index (χ3n) is 5.48. The molecule has 0 aromatic carbocycles. The monoisotopic (exact) mass is 510 g/mol. The molecule has 0 spiro atoms. The van der Waals surface area contributed by atoms with Gasteiger partial charge in [-0.1, -0.05) is 6.08 Å². The van der Waals surface area contributed by atoms with Crippen molar-refractivity contribution in [3.05, 3.63) is 22.3 Å². The average Bonchev–Trinajstić information content (AvgIpc) is 3.37. The fraction of sp³-hybridized carbons (Fsp3) is 0.565. The molecule has 190 valence electrons. The minimum atomic E-state index is -4.40. The predicted octanol–water partition coefficient (Wildman–Crippen LogP) is 5.26. The fourth-order valence-corrected chi connectivity index (χ4v) is 5.09. The Hall–Kier alpha value is -2.89. The molecule has 1 atom stereocenters. The highest BCUT2D eigenvalue weighted by atomic mass is 32.1. The second kappa shape index (κ2) is 9.63. The van der Waals surface area contributed by atoms with Crippen LogP contribution in [-0.2, 0) is 11.2 Å². The molecule has 3 heterocycles. The fourth-order valence-electron chi connectivity index (χ4n) is 3.95. The number of nitrogens with zero attached hydrogens (tertiary/aromatic N) is 4. The summed E-state index contributed by atoms with van der Waals surface area (Å²) in [6.45, 7) is 6.82. The van der Waals surface area contributed by atoms with Crippen LogP contribution in [0.4, 0.5) is 29.7 Å². The summed E-state index contributed by atoms with van der Waals surface area (Å²) in [5, 5.41) is 6.33. The number of hydrogen-bond acceptors (Lipinski definition) is 8. The maximum Gasteiger partial charge on any atom is 0.410 e. The van der Waals surface area contributed by atoms with Crippen LogP contribution in [0.25, 0.3) is 16.6 Å². The van der Waals surface area contributed by atoms with Crippen LogP contribution in [0.3, 0.4) is 0 Å². The Morgan fingerprint density at radius 3 is 2.71 bits per heavy atom. The number of likely N-dealkylation sites (tertiary alicyclic amines) is 1. The lowest BCUT2D eigenvalue weighted by Crippen LogP contribution is -2.36. The first-order chi connectivity index (χ1) is 16.4. The Morgan fingerprint density at radius 2 is 2.03 bits per heavy atom. The van der Waals surface area contributed by atoms with E-state index in [9.17, 15) is 18.0 Å². The summed E-state index contributed by atoms with van der Waals surface area (Å²) in [6.07, 6.45) is 1.74. The number of aryl methyl sites for hydroxylation is 2. The van der Waals surface area contributed by atoms with Crippen LogP contribution >= 0.6 is 11.3 Å². The van der Waals surface area contributed by atoms with Gasteiger partial charge in [0.05, 0.1) is 21.8 Å². The molecule has 0 bridgehead atoms. The molecule has 1 fully saturated rings. The summed E-state index contributed by atoms with van der Waals surface area (Å²) in [6, 6.07) is -0.152. The Kier molecular flexibility index (Phi) is 6.94. The summed E-state index contributed by atoms with van der Waals surface area (Å²) in [5.74, 6) is 0.280. The van der Waals surface area contributed by atoms with Crippen molar-refractivity contribution in [2.24, 2.45) is 0 Å². The molecule has 12 heteroatoms. The van der Waals surface area contributed by atoms with Gasteiger partial charge in [-0.05, 0) is 53.0 Å². The quantitative estimate of drug-likeness (QED) is 0.567. The summed E-state index contributed by atoms with van der Waals surface area (Å²) in [7, 11) is 0. The number of carbonyl (C=O) groups is 1. The maximum absolute atomic E-state index is 12.8. The first-order valence-corrected chi connectivity index (χ1v) is 12.3. The van der Waals surface area contributed by atoms with Crippen molar-refractivity contribution < 1.29 is 22.7 Å². The van der Waals surface area contributed by atoms with E-state index in [1.807, 2.05) is 26.8 Å². The van der Waals surface area contributed by atoms with Gasteiger partial charge in [0, 0.05) is 19.1 Å². The normalized spacial score (nSPS) is 17.9. The van der Waals surface area contributed by atoms with Gasteiger partial charge in [-0.2, -0.15) is 18.2 Å². The molecule has 0 saturated carbocycles. The molecule has 1 aliphatic heterocycles. The number of carbonyl (C=O) groups excluding carboxylic acids is 1. The summed E-state index contributed by atoms with van der Waals surface area (Å²) >= 11 is 1.51. The van der Waals surface area contributed by atoms with E-state index in [1.165, 1.54) is 11.3 Å². The van der Waals surface area contributed by atoms with Crippen molar-refractivity contribution in [1.29, 1.82) is 0 Å². The first-order valence-electron chi connectivity index (χ1n) is 11.5. The van der Waals surface area contributed by atoms with Crippen molar-refractivity contribution >= 4 is 35.3 Å². The van der Waals surface area contributed by atoms with Crippen LogP contribution < -0.4 is 10.6 Å². The molecular formula is C23H29F3N6O2S. The van der Waals surface area contributed by atoms with Gasteiger partial charge in [0.1, 0.15) is 23.0 Å². The van der Waals surface area contributed by atoms with E-state index in [0.717, 1.165) is 23.4 Å². The highest BCUT2D eigenvalue weighted by Gasteiger charge is 2.32. The lowest BCUT2D eigenvalue weighted by atomic mass is 10.1. The van der Waals surface area contributed by atoms with E-state index in [1.54, 1.807) is 11.8 Å². The number of ether oxygens (including phenoxy) is 1. The standard InChI is InChI=1S/C23H29F3N6O2S/c1-13-17(19-30-15-7-5-6-8-16(15)35-19)18(31-20(28-13)27-12-23(24,25)26)29-14-9-10-32(11-14)21(33)34-22(2,3)4/h6,8,14H,5,7,9-12H2,1-4H3,(H2,27,28,29,31). The van der Waals surface area contributed by atoms with E-state index in [2.05, 4.69) is 26.7 Å². The minimum absolute atomic E-state index is 0.116. The maximum atomic E-state index is 12.8. The van der Waals surface area contributed by atoms with Gasteiger partial charge in [0.25, 0.3) is 0 Å². The highest BCUT2D eigenvalue weighted by molar-refractivity contribution is 7.16. The number of hydrogen-bond donors (Lipinski definition) is 2. The number of anilines is 2. The number of nitrogens with one attached hydrogen (secondary N) is 2. The van der Waals surface area contributed by atoms with E-state index in [0.29, 0.717) is 41.6 Å². The molecule has 2 aliphatic rings. The van der Waals surface area contributed by atoms with Gasteiger partial charge in [0.15, 0.2) is 0 Å². The highest BCUT2D eigenvalue weighted by Crippen LogP contribution is 2.37. The largest absolute Gasteiger partial charge is 0.444 e. The molecule has 2 aromatic heterocycles. The zero-order chi connectivity index (χ0) is 25.4.